The molecule has 3 nitrogen and oxygen atoms in total. The van der Waals surface area contributed by atoms with E-state index >= 15 is 0 Å². The van der Waals surface area contributed by atoms with E-state index in [4.69, 9.17) is 5.26 Å². The number of nitrogens with one attached hydrogen (secondary N) is 1. The van der Waals surface area contributed by atoms with Crippen molar-refractivity contribution >= 4 is 11.8 Å². The number of hydrogen-bond donors (Lipinski definition) is 1. The van der Waals surface area contributed by atoms with Gasteiger partial charge >= 0.3 is 0 Å². The molecule has 0 bridgehead atoms. The lowest BCUT2D eigenvalue weighted by atomic mass is 10.0. The molecule has 0 saturated heterocycles. The van der Waals surface area contributed by atoms with Crippen LogP contribution >= 0.6 is 11.8 Å². The smallest absolute Gasteiger partial charge is 0.120 e. The number of aryl methyl sites for hydroxylation is 1. The Morgan fingerprint density at radius 3 is 3.28 bits per heavy atom. The van der Waals surface area contributed by atoms with Gasteiger partial charge in [0, 0.05) is 4.90 Å². The number of hydrogen-bond acceptors (Lipinski definition) is 3. The zero-order valence-electron chi connectivity index (χ0n) is 9.94. The quantitative estimate of drug-likeness (QED) is 0.896. The average molecular weight is 255 g/mol. The second-order valence-corrected chi connectivity index (χ2v) is 5.49. The van der Waals surface area contributed by atoms with E-state index < -0.39 is 0 Å². The fourth-order valence-electron chi connectivity index (χ4n) is 2.20. The minimum Gasteiger partial charge on any atom is -0.341 e. The van der Waals surface area contributed by atoms with Crippen LogP contribution in [0.5, 0.6) is 0 Å². The number of thioether (sulfide) groups is 1. The van der Waals surface area contributed by atoms with Crippen molar-refractivity contribution in [1.29, 1.82) is 5.26 Å². The van der Waals surface area contributed by atoms with Crippen molar-refractivity contribution in [3.63, 3.8) is 0 Å². The van der Waals surface area contributed by atoms with Gasteiger partial charge in [-0.25, -0.2) is 4.98 Å². The second kappa shape index (κ2) is 4.87. The van der Waals surface area contributed by atoms with E-state index in [1.54, 1.807) is 0 Å². The van der Waals surface area contributed by atoms with E-state index in [9.17, 15) is 0 Å². The number of H-pyrrole nitrogens is 1. The van der Waals surface area contributed by atoms with Gasteiger partial charge in [-0.05, 0) is 41.9 Å². The third-order valence-electron chi connectivity index (χ3n) is 3.09. The summed E-state index contributed by atoms with van der Waals surface area (Å²) in [4.78, 5) is 8.81. The number of benzene rings is 1. The molecule has 0 fully saturated rings. The van der Waals surface area contributed by atoms with Crippen molar-refractivity contribution in [2.75, 3.05) is 5.75 Å². The molecule has 0 atom stereocenters. The van der Waals surface area contributed by atoms with E-state index in [0.717, 1.165) is 23.5 Å². The Balaban J connectivity index is 1.93. The summed E-state index contributed by atoms with van der Waals surface area (Å²) >= 11 is 1.94. The summed E-state index contributed by atoms with van der Waals surface area (Å²) < 4.78 is 0. The molecule has 1 aromatic carbocycles. The normalized spacial score (nSPS) is 13.9. The minimum atomic E-state index is 0.334. The monoisotopic (exact) mass is 255 g/mol. The van der Waals surface area contributed by atoms with Crippen LogP contribution in [0.2, 0.25) is 0 Å². The molecule has 1 N–H and O–H groups in total. The predicted octanol–water partition coefficient (Wildman–Crippen LogP) is 3.18. The lowest BCUT2D eigenvalue weighted by molar-refractivity contribution is 0.890. The first-order chi connectivity index (χ1) is 8.86. The molecule has 90 valence electrons. The molecule has 18 heavy (non-hydrogen) atoms. The van der Waals surface area contributed by atoms with Crippen LogP contribution in [-0.4, -0.2) is 15.7 Å². The Morgan fingerprint density at radius 1 is 1.44 bits per heavy atom. The number of aromatic amines is 1. The summed E-state index contributed by atoms with van der Waals surface area (Å²) in [6.07, 6.45) is 4.56. The van der Waals surface area contributed by atoms with Crippen molar-refractivity contribution in [3.05, 3.63) is 35.8 Å². The summed E-state index contributed by atoms with van der Waals surface area (Å²) in [5, 5.41) is 8.64. The summed E-state index contributed by atoms with van der Waals surface area (Å²) in [7, 11) is 0. The molecular formula is C14H13N3S. The van der Waals surface area contributed by atoms with Gasteiger partial charge in [0.05, 0.1) is 24.4 Å². The minimum absolute atomic E-state index is 0.334. The third kappa shape index (κ3) is 2.14. The predicted molar refractivity (Wildman–Crippen MR) is 72.4 cm³/mol. The van der Waals surface area contributed by atoms with Crippen LogP contribution in [0.4, 0.5) is 0 Å². The Morgan fingerprint density at radius 2 is 2.39 bits per heavy atom. The maximum atomic E-state index is 8.64. The number of nitrogens with zero attached hydrogens (tertiary/aromatic N) is 2. The number of rotatable bonds is 2. The Hall–Kier alpha value is -1.73. The zero-order chi connectivity index (χ0) is 12.4. The third-order valence-corrected chi connectivity index (χ3v) is 4.30. The number of aromatic nitrogens is 2. The molecular weight excluding hydrogens is 242 g/mol. The van der Waals surface area contributed by atoms with Crippen molar-refractivity contribution in [3.8, 4) is 17.3 Å². The molecule has 0 unspecified atom stereocenters. The summed E-state index contributed by atoms with van der Waals surface area (Å²) in [6, 6.07) is 8.66. The molecule has 1 aliphatic heterocycles. The van der Waals surface area contributed by atoms with Gasteiger partial charge in [0.25, 0.3) is 0 Å². The van der Waals surface area contributed by atoms with Gasteiger partial charge in [-0.15, -0.1) is 11.8 Å². The number of imidazole rings is 1. The van der Waals surface area contributed by atoms with Crippen LogP contribution in [0.3, 0.4) is 0 Å². The molecule has 3 rings (SSSR count). The molecule has 0 aliphatic carbocycles. The van der Waals surface area contributed by atoms with Gasteiger partial charge in [0.1, 0.15) is 5.82 Å². The molecule has 2 aromatic rings. The maximum Gasteiger partial charge on any atom is 0.120 e. The summed E-state index contributed by atoms with van der Waals surface area (Å²) in [6.45, 7) is 0. The highest BCUT2D eigenvalue weighted by Crippen LogP contribution is 2.32. The van der Waals surface area contributed by atoms with Gasteiger partial charge in [-0.3, -0.25) is 0 Å². The van der Waals surface area contributed by atoms with E-state index in [2.05, 4.69) is 34.2 Å². The van der Waals surface area contributed by atoms with E-state index in [0.29, 0.717) is 6.42 Å². The summed E-state index contributed by atoms with van der Waals surface area (Å²) in [5.41, 5.74) is 3.59. The van der Waals surface area contributed by atoms with Gasteiger partial charge in [-0.1, -0.05) is 6.07 Å². The van der Waals surface area contributed by atoms with Crippen LogP contribution < -0.4 is 0 Å². The first-order valence-corrected chi connectivity index (χ1v) is 7.02. The largest absolute Gasteiger partial charge is 0.341 e. The van der Waals surface area contributed by atoms with Crippen molar-refractivity contribution in [1.82, 2.24) is 9.97 Å². The van der Waals surface area contributed by atoms with E-state index in [1.807, 2.05) is 18.0 Å². The van der Waals surface area contributed by atoms with E-state index in [1.165, 1.54) is 22.6 Å². The fourth-order valence-corrected chi connectivity index (χ4v) is 3.22. The van der Waals surface area contributed by atoms with Crippen LogP contribution in [0, 0.1) is 11.3 Å². The van der Waals surface area contributed by atoms with Crippen LogP contribution in [0.15, 0.2) is 29.3 Å². The average Bonchev–Trinajstić information content (AvgIpc) is 2.87. The van der Waals surface area contributed by atoms with Crippen molar-refractivity contribution < 1.29 is 0 Å². The standard InChI is InChI=1S/C14H13N3S/c15-6-5-14-16-9-12(17-14)10-3-4-13-11(8-10)2-1-7-18-13/h3-4,8-9H,1-2,5,7H2,(H,16,17). The van der Waals surface area contributed by atoms with E-state index in [-0.39, 0.29) is 0 Å². The fraction of sp³-hybridized carbons (Fsp3) is 0.286. The Kier molecular flexibility index (Phi) is 3.07. The van der Waals surface area contributed by atoms with Crippen molar-refractivity contribution in [2.24, 2.45) is 0 Å². The molecule has 4 heteroatoms. The molecule has 1 aliphatic rings. The Labute approximate surface area is 110 Å². The van der Waals surface area contributed by atoms with Crippen molar-refractivity contribution in [2.45, 2.75) is 24.2 Å². The van der Waals surface area contributed by atoms with Crippen LogP contribution in [0.1, 0.15) is 17.8 Å². The SMILES string of the molecule is N#CCc1ncc(-c2ccc3c(c2)CCCS3)[nH]1. The highest BCUT2D eigenvalue weighted by Gasteiger charge is 2.11. The van der Waals surface area contributed by atoms with Gasteiger partial charge in [-0.2, -0.15) is 5.26 Å². The molecule has 0 saturated carbocycles. The highest BCUT2D eigenvalue weighted by atomic mass is 32.2. The van der Waals surface area contributed by atoms with Crippen LogP contribution in [-0.2, 0) is 12.8 Å². The number of nitriles is 1. The zero-order valence-corrected chi connectivity index (χ0v) is 10.8. The molecule has 0 spiro atoms. The molecule has 0 radical (unpaired) electrons. The topological polar surface area (TPSA) is 52.5 Å². The first kappa shape index (κ1) is 11.4. The summed E-state index contributed by atoms with van der Waals surface area (Å²) in [5.74, 6) is 1.96. The highest BCUT2D eigenvalue weighted by molar-refractivity contribution is 7.99. The first-order valence-electron chi connectivity index (χ1n) is 6.04. The lowest BCUT2D eigenvalue weighted by Crippen LogP contribution is -1.98. The number of fused-ring (bicyclic) bond motifs is 1. The van der Waals surface area contributed by atoms with Gasteiger partial charge in [0.2, 0.25) is 0 Å². The van der Waals surface area contributed by atoms with Gasteiger partial charge < -0.3 is 4.98 Å². The Bertz CT molecular complexity index is 610. The molecule has 1 aromatic heterocycles. The second-order valence-electron chi connectivity index (χ2n) is 4.35. The van der Waals surface area contributed by atoms with Crippen LogP contribution in [0.25, 0.3) is 11.3 Å². The lowest BCUT2D eigenvalue weighted by Gasteiger charge is -2.15. The van der Waals surface area contributed by atoms with Gasteiger partial charge in [0.15, 0.2) is 0 Å². The maximum absolute atomic E-state index is 8.64. The molecule has 2 heterocycles. The molecule has 0 amide bonds.